The maximum absolute atomic E-state index is 13.0. The molecule has 0 spiro atoms. The van der Waals surface area contributed by atoms with E-state index in [2.05, 4.69) is 20.9 Å². The molecule has 2 saturated heterocycles. The summed E-state index contributed by atoms with van der Waals surface area (Å²) in [6, 6.07) is 0.789. The van der Waals surface area contributed by atoms with Gasteiger partial charge in [-0.15, -0.1) is 0 Å². The van der Waals surface area contributed by atoms with E-state index in [1.807, 2.05) is 7.11 Å². The number of hydrogen-bond acceptors (Lipinski definition) is 6. The van der Waals surface area contributed by atoms with Crippen molar-refractivity contribution in [3.8, 4) is 0 Å². The van der Waals surface area contributed by atoms with Crippen LogP contribution in [-0.4, -0.2) is 75.7 Å². The Morgan fingerprint density at radius 2 is 1.65 bits per heavy atom. The quantitative estimate of drug-likeness (QED) is 0.567. The predicted molar refractivity (Wildman–Crippen MR) is 122 cm³/mol. The largest absolute Gasteiger partial charge is 0.383 e. The topological polar surface area (TPSA) is 74.9 Å². The van der Waals surface area contributed by atoms with Gasteiger partial charge < -0.3 is 14.4 Å². The Labute approximate surface area is 188 Å². The molecule has 2 aliphatic carbocycles. The van der Waals surface area contributed by atoms with Gasteiger partial charge in [0.05, 0.1) is 18.8 Å². The molecular formula is C24H44N4O3. The smallest absolute Gasteiger partial charge is 0.226 e. The minimum atomic E-state index is 0.202. The fourth-order valence-corrected chi connectivity index (χ4v) is 6.40. The lowest BCUT2D eigenvalue weighted by atomic mass is 9.78. The first-order valence-electron chi connectivity index (χ1n) is 12.7. The first kappa shape index (κ1) is 23.4. The SMILES string of the molecule is COCC1CCCN1C(=O)C1CCC(NC2NCC(C3CCC(OC)CC3)CN2)CC1. The van der Waals surface area contributed by atoms with Crippen LogP contribution in [0.1, 0.15) is 64.2 Å². The second-order valence-corrected chi connectivity index (χ2v) is 10.3. The fourth-order valence-electron chi connectivity index (χ4n) is 6.40. The van der Waals surface area contributed by atoms with E-state index in [9.17, 15) is 4.79 Å². The van der Waals surface area contributed by atoms with Gasteiger partial charge in [0.2, 0.25) is 5.91 Å². The summed E-state index contributed by atoms with van der Waals surface area (Å²) in [6.45, 7) is 3.78. The van der Waals surface area contributed by atoms with Crippen molar-refractivity contribution in [2.45, 2.75) is 88.7 Å². The number of carbonyl (C=O) groups excluding carboxylic acids is 1. The number of nitrogens with zero attached hydrogens (tertiary/aromatic N) is 1. The fraction of sp³-hybridized carbons (Fsp3) is 0.958. The molecule has 1 amide bonds. The van der Waals surface area contributed by atoms with Gasteiger partial charge in [-0.1, -0.05) is 0 Å². The molecule has 7 nitrogen and oxygen atoms in total. The molecule has 2 heterocycles. The Morgan fingerprint density at radius 1 is 0.935 bits per heavy atom. The molecule has 2 aliphatic heterocycles. The van der Waals surface area contributed by atoms with Crippen molar-refractivity contribution in [2.24, 2.45) is 17.8 Å². The van der Waals surface area contributed by atoms with E-state index >= 15 is 0 Å². The van der Waals surface area contributed by atoms with Gasteiger partial charge in [-0.2, -0.15) is 0 Å². The number of amides is 1. The highest BCUT2D eigenvalue weighted by atomic mass is 16.5. The first-order chi connectivity index (χ1) is 15.2. The average molecular weight is 437 g/mol. The summed E-state index contributed by atoms with van der Waals surface area (Å²) in [6.07, 6.45) is 12.1. The molecule has 1 unspecified atom stereocenters. The van der Waals surface area contributed by atoms with Gasteiger partial charge in [0.15, 0.2) is 0 Å². The van der Waals surface area contributed by atoms with Gasteiger partial charge in [0.25, 0.3) is 0 Å². The third kappa shape index (κ3) is 5.99. The van der Waals surface area contributed by atoms with E-state index in [0.29, 0.717) is 30.7 Å². The molecule has 0 aromatic heterocycles. The van der Waals surface area contributed by atoms with E-state index in [0.717, 1.165) is 70.0 Å². The molecule has 178 valence electrons. The number of likely N-dealkylation sites (tertiary alicyclic amines) is 1. The number of ether oxygens (including phenoxy) is 2. The van der Waals surface area contributed by atoms with Crippen LogP contribution in [0.4, 0.5) is 0 Å². The van der Waals surface area contributed by atoms with Gasteiger partial charge in [-0.25, -0.2) is 0 Å². The highest BCUT2D eigenvalue weighted by molar-refractivity contribution is 5.79. The van der Waals surface area contributed by atoms with Crippen LogP contribution in [0, 0.1) is 17.8 Å². The molecule has 31 heavy (non-hydrogen) atoms. The third-order valence-electron chi connectivity index (χ3n) is 8.39. The Bertz CT molecular complexity index is 553. The van der Waals surface area contributed by atoms with Crippen molar-refractivity contribution >= 4 is 5.91 Å². The van der Waals surface area contributed by atoms with Gasteiger partial charge in [0.1, 0.15) is 6.29 Å². The lowest BCUT2D eigenvalue weighted by Gasteiger charge is -2.40. The molecule has 0 bridgehead atoms. The summed E-state index contributed by atoms with van der Waals surface area (Å²) >= 11 is 0. The van der Waals surface area contributed by atoms with Crippen LogP contribution in [0.25, 0.3) is 0 Å². The van der Waals surface area contributed by atoms with Gasteiger partial charge >= 0.3 is 0 Å². The molecule has 2 saturated carbocycles. The van der Waals surface area contributed by atoms with E-state index in [1.54, 1.807) is 7.11 Å². The Hall–Kier alpha value is -0.730. The molecular weight excluding hydrogens is 392 g/mol. The molecule has 1 atom stereocenters. The summed E-state index contributed by atoms with van der Waals surface area (Å²) in [5, 5.41) is 11.2. The van der Waals surface area contributed by atoms with Crippen LogP contribution in [-0.2, 0) is 14.3 Å². The number of hydrogen-bond donors (Lipinski definition) is 3. The van der Waals surface area contributed by atoms with Crippen LogP contribution in [0.3, 0.4) is 0 Å². The second kappa shape index (κ2) is 11.4. The van der Waals surface area contributed by atoms with E-state index in [-0.39, 0.29) is 12.2 Å². The van der Waals surface area contributed by atoms with Crippen LogP contribution in [0.15, 0.2) is 0 Å². The highest BCUT2D eigenvalue weighted by Crippen LogP contribution is 2.32. The maximum Gasteiger partial charge on any atom is 0.226 e. The van der Waals surface area contributed by atoms with Crippen molar-refractivity contribution in [2.75, 3.05) is 40.5 Å². The standard InChI is InChI=1S/C24H44N4O3/c1-30-16-21-4-3-13-28(21)23(29)18-5-9-20(10-6-18)27-24-25-14-19(15-26-24)17-7-11-22(31-2)12-8-17/h17-22,24-27H,3-16H2,1-2H3. The summed E-state index contributed by atoms with van der Waals surface area (Å²) < 4.78 is 10.9. The van der Waals surface area contributed by atoms with Crippen molar-refractivity contribution in [3.05, 3.63) is 0 Å². The highest BCUT2D eigenvalue weighted by Gasteiger charge is 2.36. The Morgan fingerprint density at radius 3 is 2.29 bits per heavy atom. The second-order valence-electron chi connectivity index (χ2n) is 10.3. The Balaban J connectivity index is 1.14. The monoisotopic (exact) mass is 436 g/mol. The number of rotatable bonds is 7. The van der Waals surface area contributed by atoms with Crippen LogP contribution in [0.5, 0.6) is 0 Å². The molecule has 7 heteroatoms. The molecule has 0 aromatic rings. The lowest BCUT2D eigenvalue weighted by molar-refractivity contribution is -0.138. The van der Waals surface area contributed by atoms with Gasteiger partial charge in [-0.3, -0.25) is 20.7 Å². The zero-order valence-electron chi connectivity index (χ0n) is 19.6. The molecule has 0 aromatic carbocycles. The number of nitrogens with one attached hydrogen (secondary N) is 3. The van der Waals surface area contributed by atoms with Crippen LogP contribution >= 0.6 is 0 Å². The summed E-state index contributed by atoms with van der Waals surface area (Å²) in [7, 11) is 3.58. The predicted octanol–water partition coefficient (Wildman–Crippen LogP) is 2.07. The summed E-state index contributed by atoms with van der Waals surface area (Å²) in [5.41, 5.74) is 0. The minimum absolute atomic E-state index is 0.202. The van der Waals surface area contributed by atoms with E-state index < -0.39 is 0 Å². The molecule has 4 aliphatic rings. The van der Waals surface area contributed by atoms with Crippen LogP contribution < -0.4 is 16.0 Å². The van der Waals surface area contributed by atoms with Gasteiger partial charge in [0, 0.05) is 45.8 Å². The molecule has 4 rings (SSSR count). The van der Waals surface area contributed by atoms with Crippen molar-refractivity contribution in [1.82, 2.24) is 20.9 Å². The molecule has 0 radical (unpaired) electrons. The van der Waals surface area contributed by atoms with Crippen molar-refractivity contribution in [1.29, 1.82) is 0 Å². The minimum Gasteiger partial charge on any atom is -0.383 e. The lowest BCUT2D eigenvalue weighted by Crippen LogP contribution is -2.63. The van der Waals surface area contributed by atoms with E-state index in [1.165, 1.54) is 25.7 Å². The van der Waals surface area contributed by atoms with Gasteiger partial charge in [-0.05, 0) is 76.0 Å². The number of methoxy groups -OCH3 is 2. The van der Waals surface area contributed by atoms with Crippen molar-refractivity contribution < 1.29 is 14.3 Å². The zero-order valence-corrected chi connectivity index (χ0v) is 19.6. The van der Waals surface area contributed by atoms with Crippen molar-refractivity contribution in [3.63, 3.8) is 0 Å². The third-order valence-corrected chi connectivity index (χ3v) is 8.39. The molecule has 3 N–H and O–H groups in total. The number of carbonyl (C=O) groups is 1. The summed E-state index contributed by atoms with van der Waals surface area (Å²) in [5.74, 6) is 2.12. The van der Waals surface area contributed by atoms with Crippen LogP contribution in [0.2, 0.25) is 0 Å². The first-order valence-corrected chi connectivity index (χ1v) is 12.7. The Kier molecular flexibility index (Phi) is 8.63. The average Bonchev–Trinajstić information content (AvgIpc) is 3.28. The molecule has 4 fully saturated rings. The zero-order chi connectivity index (χ0) is 21.6. The summed E-state index contributed by atoms with van der Waals surface area (Å²) in [4.78, 5) is 15.1. The normalized spacial score (nSPS) is 39.5. The maximum atomic E-state index is 13.0. The van der Waals surface area contributed by atoms with E-state index in [4.69, 9.17) is 9.47 Å².